The van der Waals surface area contributed by atoms with Crippen molar-refractivity contribution >= 4 is 10.0 Å². The van der Waals surface area contributed by atoms with Crippen molar-refractivity contribution in [2.45, 2.75) is 18.4 Å². The summed E-state index contributed by atoms with van der Waals surface area (Å²) in [5.74, 6) is 0. The standard InChI is InChI=1S/C18H22N2O2S.ClH/c1-16-7-9-18(10-8-16)23(21,22)20-13-11-19(12-14-20)15-17-5-3-2-4-6-17;/h2-10H,11-15H2,1H3;1H. The fourth-order valence-electron chi connectivity index (χ4n) is 2.96. The van der Waals surface area contributed by atoms with Gasteiger partial charge in [0.2, 0.25) is 10.0 Å². The lowest BCUT2D eigenvalue weighted by molar-refractivity contribution is -0.917. The molecule has 1 N–H and O–H groups in total. The van der Waals surface area contributed by atoms with Crippen molar-refractivity contribution in [2.24, 2.45) is 0 Å². The summed E-state index contributed by atoms with van der Waals surface area (Å²) in [6, 6.07) is 17.5. The molecule has 2 aromatic carbocycles. The molecule has 6 heteroatoms. The first kappa shape index (κ1) is 18.9. The Hall–Kier alpha value is -1.40. The van der Waals surface area contributed by atoms with Crippen LogP contribution in [0.1, 0.15) is 11.1 Å². The summed E-state index contributed by atoms with van der Waals surface area (Å²) in [5, 5.41) is 0. The Morgan fingerprint density at radius 2 is 1.54 bits per heavy atom. The van der Waals surface area contributed by atoms with Gasteiger partial charge in [-0.25, -0.2) is 8.42 Å². The van der Waals surface area contributed by atoms with E-state index in [1.165, 1.54) is 10.5 Å². The summed E-state index contributed by atoms with van der Waals surface area (Å²) in [5.41, 5.74) is 2.37. The molecule has 0 radical (unpaired) electrons. The van der Waals surface area contributed by atoms with E-state index in [-0.39, 0.29) is 12.4 Å². The molecule has 0 aromatic heterocycles. The van der Waals surface area contributed by atoms with Crippen LogP contribution in [0, 0.1) is 6.92 Å². The maximum absolute atomic E-state index is 12.7. The fourth-order valence-corrected chi connectivity index (χ4v) is 4.40. The summed E-state index contributed by atoms with van der Waals surface area (Å²) >= 11 is 0. The number of hydrogen-bond donors (Lipinski definition) is 1. The minimum atomic E-state index is -3.36. The molecule has 0 aliphatic carbocycles. The number of hydrogen-bond acceptors (Lipinski definition) is 2. The summed E-state index contributed by atoms with van der Waals surface area (Å²) in [4.78, 5) is 1.83. The molecule has 0 spiro atoms. The van der Waals surface area contributed by atoms with Crippen molar-refractivity contribution in [1.29, 1.82) is 0 Å². The minimum absolute atomic E-state index is 0. The van der Waals surface area contributed by atoms with Crippen molar-refractivity contribution in [2.75, 3.05) is 26.2 Å². The molecule has 1 fully saturated rings. The highest BCUT2D eigenvalue weighted by molar-refractivity contribution is 7.89. The van der Waals surface area contributed by atoms with E-state index in [0.717, 1.165) is 25.2 Å². The van der Waals surface area contributed by atoms with Gasteiger partial charge < -0.3 is 17.3 Å². The SMILES string of the molecule is Cc1ccc(S(=O)(=O)N2CC[NH+](Cc3ccccc3)CC2)cc1.[Cl-]. The average molecular weight is 367 g/mol. The van der Waals surface area contributed by atoms with Crippen molar-refractivity contribution in [3.63, 3.8) is 0 Å². The monoisotopic (exact) mass is 366 g/mol. The van der Waals surface area contributed by atoms with Crippen LogP contribution in [0.4, 0.5) is 0 Å². The molecule has 1 aliphatic heterocycles. The third-order valence-corrected chi connectivity index (χ3v) is 6.30. The van der Waals surface area contributed by atoms with E-state index in [1.54, 1.807) is 16.4 Å². The molecular weight excluding hydrogens is 344 g/mol. The topological polar surface area (TPSA) is 41.8 Å². The predicted molar refractivity (Wildman–Crippen MR) is 90.8 cm³/mol. The molecule has 0 atom stereocenters. The van der Waals surface area contributed by atoms with E-state index in [9.17, 15) is 8.42 Å². The first-order chi connectivity index (χ1) is 11.1. The molecule has 130 valence electrons. The van der Waals surface area contributed by atoms with Gasteiger partial charge in [-0.15, -0.1) is 0 Å². The Bertz CT molecular complexity index is 740. The van der Waals surface area contributed by atoms with E-state index in [2.05, 4.69) is 12.1 Å². The molecule has 0 amide bonds. The number of benzene rings is 2. The van der Waals surface area contributed by atoms with Crippen LogP contribution in [-0.2, 0) is 16.6 Å². The van der Waals surface area contributed by atoms with Gasteiger partial charge in [0.25, 0.3) is 0 Å². The number of sulfonamides is 1. The number of aryl methyl sites for hydroxylation is 1. The average Bonchev–Trinajstić information content (AvgIpc) is 2.57. The largest absolute Gasteiger partial charge is 1.00 e. The summed E-state index contributed by atoms with van der Waals surface area (Å²) < 4.78 is 27.0. The van der Waals surface area contributed by atoms with Crippen molar-refractivity contribution < 1.29 is 25.7 Å². The molecule has 1 heterocycles. The maximum atomic E-state index is 12.7. The second kappa shape index (κ2) is 8.12. The van der Waals surface area contributed by atoms with E-state index >= 15 is 0 Å². The molecule has 1 aliphatic rings. The van der Waals surface area contributed by atoms with Crippen LogP contribution >= 0.6 is 0 Å². The van der Waals surface area contributed by atoms with Gasteiger partial charge in [-0.05, 0) is 19.1 Å². The molecule has 0 unspecified atom stereocenters. The second-order valence-electron chi connectivity index (χ2n) is 6.13. The number of rotatable bonds is 4. The van der Waals surface area contributed by atoms with E-state index in [1.807, 2.05) is 37.3 Å². The van der Waals surface area contributed by atoms with Crippen LogP contribution in [-0.4, -0.2) is 38.9 Å². The molecule has 2 aromatic rings. The predicted octanol–water partition coefficient (Wildman–Crippen LogP) is -1.91. The van der Waals surface area contributed by atoms with Gasteiger partial charge in [0.15, 0.2) is 0 Å². The highest BCUT2D eigenvalue weighted by Gasteiger charge is 2.30. The smallest absolute Gasteiger partial charge is 0.243 e. The van der Waals surface area contributed by atoms with Crippen LogP contribution in [0.3, 0.4) is 0 Å². The van der Waals surface area contributed by atoms with Gasteiger partial charge in [0, 0.05) is 5.56 Å². The molecule has 3 rings (SSSR count). The Labute approximate surface area is 150 Å². The molecule has 1 saturated heterocycles. The van der Waals surface area contributed by atoms with Crippen LogP contribution in [0.15, 0.2) is 59.5 Å². The number of nitrogens with zero attached hydrogens (tertiary/aromatic N) is 1. The summed E-state index contributed by atoms with van der Waals surface area (Å²) in [6.45, 7) is 5.78. The Morgan fingerprint density at radius 3 is 2.12 bits per heavy atom. The molecule has 0 bridgehead atoms. The van der Waals surface area contributed by atoms with E-state index in [4.69, 9.17) is 0 Å². The Kier molecular flexibility index (Phi) is 6.40. The van der Waals surface area contributed by atoms with Crippen LogP contribution in [0.25, 0.3) is 0 Å². The lowest BCUT2D eigenvalue weighted by Gasteiger charge is -2.31. The lowest BCUT2D eigenvalue weighted by atomic mass is 10.2. The third-order valence-electron chi connectivity index (χ3n) is 4.39. The van der Waals surface area contributed by atoms with Gasteiger partial charge >= 0.3 is 0 Å². The number of halogens is 1. The number of piperazine rings is 1. The first-order valence-corrected chi connectivity index (χ1v) is 9.44. The second-order valence-corrected chi connectivity index (χ2v) is 8.07. The highest BCUT2D eigenvalue weighted by Crippen LogP contribution is 2.16. The van der Waals surface area contributed by atoms with Gasteiger partial charge in [-0.2, -0.15) is 4.31 Å². The quantitative estimate of drug-likeness (QED) is 0.686. The third kappa shape index (κ3) is 4.36. The van der Waals surface area contributed by atoms with Crippen molar-refractivity contribution in [3.05, 3.63) is 65.7 Å². The highest BCUT2D eigenvalue weighted by atomic mass is 35.5. The zero-order valence-electron chi connectivity index (χ0n) is 13.8. The maximum Gasteiger partial charge on any atom is 0.243 e. The minimum Gasteiger partial charge on any atom is -1.00 e. The van der Waals surface area contributed by atoms with Crippen molar-refractivity contribution in [3.8, 4) is 0 Å². The first-order valence-electron chi connectivity index (χ1n) is 8.00. The fraction of sp³-hybridized carbons (Fsp3) is 0.333. The number of quaternary nitrogens is 1. The summed E-state index contributed by atoms with van der Waals surface area (Å²) in [6.07, 6.45) is 0. The number of nitrogens with one attached hydrogen (secondary N) is 1. The Balaban J connectivity index is 0.00000208. The molecular formula is C18H23ClN2O2S. The van der Waals surface area contributed by atoms with E-state index < -0.39 is 10.0 Å². The molecule has 24 heavy (non-hydrogen) atoms. The van der Waals surface area contributed by atoms with Gasteiger partial charge in [-0.1, -0.05) is 48.0 Å². The van der Waals surface area contributed by atoms with Crippen LogP contribution in [0.5, 0.6) is 0 Å². The zero-order valence-corrected chi connectivity index (χ0v) is 15.4. The van der Waals surface area contributed by atoms with Crippen LogP contribution < -0.4 is 17.3 Å². The summed E-state index contributed by atoms with van der Waals surface area (Å²) in [7, 11) is -3.36. The normalized spacial score (nSPS) is 16.5. The van der Waals surface area contributed by atoms with E-state index in [0.29, 0.717) is 18.0 Å². The zero-order chi connectivity index (χ0) is 16.3. The van der Waals surface area contributed by atoms with Gasteiger partial charge in [0.1, 0.15) is 6.54 Å². The molecule has 4 nitrogen and oxygen atoms in total. The van der Waals surface area contributed by atoms with Crippen molar-refractivity contribution in [1.82, 2.24) is 4.31 Å². The van der Waals surface area contributed by atoms with Gasteiger partial charge in [-0.3, -0.25) is 0 Å². The Morgan fingerprint density at radius 1 is 0.958 bits per heavy atom. The van der Waals surface area contributed by atoms with Gasteiger partial charge in [0.05, 0.1) is 31.1 Å². The van der Waals surface area contributed by atoms with Crippen LogP contribution in [0.2, 0.25) is 0 Å². The lowest BCUT2D eigenvalue weighted by Crippen LogP contribution is -3.13. The molecule has 0 saturated carbocycles.